The van der Waals surface area contributed by atoms with Crippen molar-refractivity contribution < 1.29 is 17.0 Å². The highest BCUT2D eigenvalue weighted by molar-refractivity contribution is 8.08. The topological polar surface area (TPSA) is 29.1 Å². The number of anilines is 1. The summed E-state index contributed by atoms with van der Waals surface area (Å²) in [5.74, 6) is 0. The standard InChI is InChI=1S/C26H25ClN3OS3.ClH/c1-4-30-23(16-22-29(13-14-32-22)12-11-18-6-8-19(27)9-7-18)34-24(25(30)31)26-28(3)20-10-5-17(2)15-21(20)33-26;/h5-10,13-16H,4,11-12H2,1-3H3;1H/q+1;/p-1/b26-24+;. The lowest BCUT2D eigenvalue weighted by Crippen LogP contribution is -3.00. The minimum atomic E-state index is 0. The third-order valence-corrected chi connectivity index (χ3v) is 9.50. The molecule has 1 aliphatic rings. The number of hydrogen-bond donors (Lipinski definition) is 0. The lowest BCUT2D eigenvalue weighted by atomic mass is 10.1. The molecule has 5 rings (SSSR count). The third kappa shape index (κ3) is 5.25. The van der Waals surface area contributed by atoms with Gasteiger partial charge in [-0.25, -0.2) is 0 Å². The van der Waals surface area contributed by atoms with Gasteiger partial charge in [0.25, 0.3) is 10.6 Å². The van der Waals surface area contributed by atoms with E-state index in [9.17, 15) is 4.79 Å². The summed E-state index contributed by atoms with van der Waals surface area (Å²) in [6, 6.07) is 14.5. The van der Waals surface area contributed by atoms with Gasteiger partial charge in [0.15, 0.2) is 12.7 Å². The first-order valence-electron chi connectivity index (χ1n) is 11.1. The molecule has 4 aromatic rings. The second-order valence-corrected chi connectivity index (χ2v) is 11.6. The fourth-order valence-corrected chi connectivity index (χ4v) is 7.62. The smallest absolute Gasteiger partial charge is 0.271 e. The molecule has 0 unspecified atom stereocenters. The van der Waals surface area contributed by atoms with Crippen LogP contribution < -0.4 is 36.6 Å². The Morgan fingerprint density at radius 1 is 1.14 bits per heavy atom. The van der Waals surface area contributed by atoms with Crippen LogP contribution in [-0.4, -0.2) is 11.6 Å². The fourth-order valence-electron chi connectivity index (χ4n) is 4.05. The number of nitrogens with zero attached hydrogens (tertiary/aromatic N) is 3. The first-order valence-corrected chi connectivity index (χ1v) is 14.0. The number of thioether (sulfide) groups is 1. The zero-order valence-corrected chi connectivity index (χ0v) is 23.6. The van der Waals surface area contributed by atoms with Gasteiger partial charge in [-0.2, -0.15) is 4.57 Å². The second-order valence-electron chi connectivity index (χ2n) is 8.21. The molecule has 2 aromatic heterocycles. The Bertz CT molecular complexity index is 1540. The summed E-state index contributed by atoms with van der Waals surface area (Å²) in [4.78, 5) is 16.8. The van der Waals surface area contributed by atoms with E-state index in [0.717, 1.165) is 42.9 Å². The number of thiazole rings is 2. The van der Waals surface area contributed by atoms with E-state index in [1.807, 2.05) is 30.7 Å². The summed E-state index contributed by atoms with van der Waals surface area (Å²) in [7, 11) is 2.05. The lowest BCUT2D eigenvalue weighted by Gasteiger charge is -2.12. The summed E-state index contributed by atoms with van der Waals surface area (Å²) in [6.07, 6.45) is 5.19. The molecular weight excluding hydrogens is 537 g/mol. The first-order chi connectivity index (χ1) is 16.4. The molecule has 0 spiro atoms. The van der Waals surface area contributed by atoms with E-state index in [4.69, 9.17) is 11.6 Å². The maximum absolute atomic E-state index is 13.4. The summed E-state index contributed by atoms with van der Waals surface area (Å²) in [5, 5.41) is 5.01. The van der Waals surface area contributed by atoms with Crippen LogP contribution in [0.3, 0.4) is 0 Å². The van der Waals surface area contributed by atoms with Crippen LogP contribution in [0.2, 0.25) is 5.02 Å². The van der Waals surface area contributed by atoms with E-state index in [1.54, 1.807) is 34.4 Å². The van der Waals surface area contributed by atoms with Crippen molar-refractivity contribution in [2.24, 2.45) is 0 Å². The fraction of sp³-hybridized carbons (Fsp3) is 0.231. The normalized spacial score (nSPS) is 14.9. The van der Waals surface area contributed by atoms with Crippen LogP contribution >= 0.6 is 46.0 Å². The van der Waals surface area contributed by atoms with Crippen molar-refractivity contribution >= 4 is 62.8 Å². The molecule has 0 saturated carbocycles. The number of aromatic nitrogens is 2. The molecule has 3 heterocycles. The highest BCUT2D eigenvalue weighted by Crippen LogP contribution is 2.45. The van der Waals surface area contributed by atoms with Crippen LogP contribution in [0.25, 0.3) is 11.1 Å². The average molecular weight is 563 g/mol. The van der Waals surface area contributed by atoms with E-state index in [-0.39, 0.29) is 18.0 Å². The zero-order chi connectivity index (χ0) is 23.8. The van der Waals surface area contributed by atoms with Crippen LogP contribution in [0.1, 0.15) is 23.1 Å². The zero-order valence-electron chi connectivity index (χ0n) is 19.6. The van der Waals surface area contributed by atoms with Gasteiger partial charge in [-0.3, -0.25) is 9.36 Å². The van der Waals surface area contributed by atoms with Gasteiger partial charge in [0.2, 0.25) is 0 Å². The van der Waals surface area contributed by atoms with Gasteiger partial charge in [0, 0.05) is 29.9 Å². The molecule has 0 fully saturated rings. The molecule has 0 atom stereocenters. The quantitative estimate of drug-likeness (QED) is 0.347. The van der Waals surface area contributed by atoms with Gasteiger partial charge < -0.3 is 17.3 Å². The largest absolute Gasteiger partial charge is 1.00 e. The predicted molar refractivity (Wildman–Crippen MR) is 146 cm³/mol. The highest BCUT2D eigenvalue weighted by atomic mass is 35.5. The van der Waals surface area contributed by atoms with Gasteiger partial charge in [-0.15, -0.1) is 11.3 Å². The molecular formula is C26H25Cl2N3OS3. The predicted octanol–water partition coefficient (Wildman–Crippen LogP) is 1.62. The van der Waals surface area contributed by atoms with E-state index in [2.05, 4.69) is 64.4 Å². The van der Waals surface area contributed by atoms with Crippen LogP contribution in [-0.2, 0) is 19.5 Å². The van der Waals surface area contributed by atoms with Crippen LogP contribution in [0, 0.1) is 6.92 Å². The molecule has 182 valence electrons. The number of halogens is 2. The first kappa shape index (κ1) is 26.0. The Balaban J connectivity index is 0.00000289. The molecule has 0 amide bonds. The summed E-state index contributed by atoms with van der Waals surface area (Å²) in [6.45, 7) is 5.65. The highest BCUT2D eigenvalue weighted by Gasteiger charge is 2.25. The van der Waals surface area contributed by atoms with Crippen LogP contribution in [0.15, 0.2) is 63.7 Å². The molecule has 0 N–H and O–H groups in total. The number of rotatable bonds is 5. The van der Waals surface area contributed by atoms with Gasteiger partial charge in [-0.05, 0) is 49.2 Å². The van der Waals surface area contributed by atoms with Crippen molar-refractivity contribution in [3.63, 3.8) is 0 Å². The minimum absolute atomic E-state index is 0. The Hall–Kier alpha value is -2.03. The Labute approximate surface area is 228 Å². The lowest BCUT2D eigenvalue weighted by molar-refractivity contribution is -0.693. The molecule has 4 nitrogen and oxygen atoms in total. The van der Waals surface area contributed by atoms with Crippen molar-refractivity contribution in [2.75, 3.05) is 11.9 Å². The molecule has 0 saturated heterocycles. The van der Waals surface area contributed by atoms with E-state index in [0.29, 0.717) is 6.54 Å². The van der Waals surface area contributed by atoms with Crippen molar-refractivity contribution in [1.82, 2.24) is 4.57 Å². The number of hydrogen-bond acceptors (Lipinski definition) is 5. The van der Waals surface area contributed by atoms with Gasteiger partial charge in [0.05, 0.1) is 17.1 Å². The van der Waals surface area contributed by atoms with Crippen LogP contribution in [0.4, 0.5) is 5.69 Å². The summed E-state index contributed by atoms with van der Waals surface area (Å²) in [5.41, 5.74) is 3.73. The maximum Gasteiger partial charge on any atom is 0.271 e. The van der Waals surface area contributed by atoms with Crippen molar-refractivity contribution in [3.05, 3.63) is 94.7 Å². The molecule has 0 radical (unpaired) electrons. The Morgan fingerprint density at radius 3 is 2.66 bits per heavy atom. The summed E-state index contributed by atoms with van der Waals surface area (Å²) < 4.78 is 5.93. The number of fused-ring (bicyclic) bond motifs is 1. The molecule has 2 aromatic carbocycles. The van der Waals surface area contributed by atoms with Gasteiger partial charge >= 0.3 is 0 Å². The minimum Gasteiger partial charge on any atom is -1.00 e. The van der Waals surface area contributed by atoms with Gasteiger partial charge in [0.1, 0.15) is 14.2 Å². The SMILES string of the molecule is CCn1c(=O)/c(=C2\Sc3cc(C)ccc3N2C)s/c1=C\c1scc[n+]1CCc1ccc(Cl)cc1.[Cl-]. The second kappa shape index (κ2) is 10.9. The van der Waals surface area contributed by atoms with Crippen molar-refractivity contribution in [2.45, 2.75) is 38.3 Å². The molecule has 9 heteroatoms. The van der Waals surface area contributed by atoms with E-state index >= 15 is 0 Å². The molecule has 0 aliphatic carbocycles. The molecule has 0 bridgehead atoms. The van der Waals surface area contributed by atoms with Crippen molar-refractivity contribution in [1.29, 1.82) is 0 Å². The third-order valence-electron chi connectivity index (χ3n) is 5.92. The summed E-state index contributed by atoms with van der Waals surface area (Å²) >= 11 is 11.0. The van der Waals surface area contributed by atoms with Gasteiger partial charge in [-0.1, -0.05) is 52.9 Å². The van der Waals surface area contributed by atoms with E-state index in [1.165, 1.54) is 16.0 Å². The Kier molecular flexibility index (Phi) is 8.13. The van der Waals surface area contributed by atoms with Crippen LogP contribution in [0.5, 0.6) is 0 Å². The maximum atomic E-state index is 13.4. The number of aryl methyl sites for hydroxylation is 3. The number of benzene rings is 2. The molecule has 35 heavy (non-hydrogen) atoms. The average Bonchev–Trinajstić information content (AvgIpc) is 3.49. The molecule has 1 aliphatic heterocycles. The van der Waals surface area contributed by atoms with E-state index < -0.39 is 0 Å². The monoisotopic (exact) mass is 561 g/mol. The van der Waals surface area contributed by atoms with Crippen molar-refractivity contribution in [3.8, 4) is 0 Å². The Morgan fingerprint density at radius 2 is 1.91 bits per heavy atom.